The first-order chi connectivity index (χ1) is 9.50. The fourth-order valence-electron chi connectivity index (χ4n) is 1.39. The minimum absolute atomic E-state index is 0.0122. The number of nitrogens with zero attached hydrogens (tertiary/aromatic N) is 1. The Balaban J connectivity index is 2.38. The molecule has 0 fully saturated rings. The average Bonchev–Trinajstić information content (AvgIpc) is 2.41. The van der Waals surface area contributed by atoms with Gasteiger partial charge in [-0.15, -0.1) is 0 Å². The SMILES string of the molecule is O=C(O)CCCNC(=O)COc1ccccc1[N+](=O)[O-]. The Kier molecular flexibility index (Phi) is 5.95. The van der Waals surface area contributed by atoms with Crippen molar-refractivity contribution < 1.29 is 24.4 Å². The van der Waals surface area contributed by atoms with E-state index >= 15 is 0 Å². The smallest absolute Gasteiger partial charge is 0.310 e. The molecule has 1 aromatic carbocycles. The standard InChI is InChI=1S/C12H14N2O6/c15-11(13-7-3-6-12(16)17)8-20-10-5-2-1-4-9(10)14(18)19/h1-2,4-5H,3,6-8H2,(H,13,15)(H,16,17). The number of aliphatic carboxylic acids is 1. The fourth-order valence-corrected chi connectivity index (χ4v) is 1.39. The lowest BCUT2D eigenvalue weighted by molar-refractivity contribution is -0.385. The predicted octanol–water partition coefficient (Wildman–Crippen LogP) is 0.955. The monoisotopic (exact) mass is 282 g/mol. The molecular formula is C12H14N2O6. The quantitative estimate of drug-likeness (QED) is 0.416. The van der Waals surface area contributed by atoms with Crippen LogP contribution >= 0.6 is 0 Å². The van der Waals surface area contributed by atoms with Crippen molar-refractivity contribution in [3.05, 3.63) is 34.4 Å². The number of nitro groups is 1. The summed E-state index contributed by atoms with van der Waals surface area (Å²) >= 11 is 0. The second-order valence-electron chi connectivity index (χ2n) is 3.86. The van der Waals surface area contributed by atoms with Crippen molar-refractivity contribution in [3.63, 3.8) is 0 Å². The van der Waals surface area contributed by atoms with Crippen LogP contribution in [0.3, 0.4) is 0 Å². The van der Waals surface area contributed by atoms with E-state index in [-0.39, 0.29) is 31.0 Å². The number of amides is 1. The van der Waals surface area contributed by atoms with Gasteiger partial charge in [-0.25, -0.2) is 0 Å². The van der Waals surface area contributed by atoms with E-state index in [2.05, 4.69) is 5.32 Å². The number of rotatable bonds is 8. The number of hydrogen-bond acceptors (Lipinski definition) is 5. The number of benzene rings is 1. The number of nitro benzene ring substituents is 1. The molecule has 0 atom stereocenters. The normalized spacial score (nSPS) is 9.80. The number of para-hydroxylation sites is 2. The average molecular weight is 282 g/mol. The molecule has 1 amide bonds. The molecule has 0 saturated heterocycles. The van der Waals surface area contributed by atoms with Gasteiger partial charge in [0.1, 0.15) is 0 Å². The van der Waals surface area contributed by atoms with Crippen LogP contribution in [0.15, 0.2) is 24.3 Å². The number of carboxylic acids is 1. The molecule has 0 aliphatic rings. The molecule has 0 aliphatic heterocycles. The van der Waals surface area contributed by atoms with E-state index in [1.54, 1.807) is 6.07 Å². The van der Waals surface area contributed by atoms with Crippen LogP contribution in [-0.2, 0) is 9.59 Å². The number of ether oxygens (including phenoxy) is 1. The summed E-state index contributed by atoms with van der Waals surface area (Å²) in [6.45, 7) is -0.150. The second kappa shape index (κ2) is 7.72. The van der Waals surface area contributed by atoms with Crippen LogP contribution in [0.1, 0.15) is 12.8 Å². The van der Waals surface area contributed by atoms with Crippen molar-refractivity contribution in [2.75, 3.05) is 13.2 Å². The molecule has 0 aromatic heterocycles. The third kappa shape index (κ3) is 5.34. The molecule has 0 heterocycles. The molecule has 2 N–H and O–H groups in total. The van der Waals surface area contributed by atoms with Gasteiger partial charge in [0.25, 0.3) is 5.91 Å². The molecular weight excluding hydrogens is 268 g/mol. The molecule has 0 spiro atoms. The van der Waals surface area contributed by atoms with Gasteiger partial charge in [-0.2, -0.15) is 0 Å². The van der Waals surface area contributed by atoms with Gasteiger partial charge in [-0.1, -0.05) is 12.1 Å². The van der Waals surface area contributed by atoms with Gasteiger partial charge in [0.15, 0.2) is 12.4 Å². The first kappa shape index (κ1) is 15.4. The zero-order chi connectivity index (χ0) is 15.0. The summed E-state index contributed by atoms with van der Waals surface area (Å²) in [5, 5.41) is 21.6. The van der Waals surface area contributed by atoms with Crippen LogP contribution < -0.4 is 10.1 Å². The summed E-state index contributed by atoms with van der Waals surface area (Å²) in [7, 11) is 0. The highest BCUT2D eigenvalue weighted by Crippen LogP contribution is 2.25. The van der Waals surface area contributed by atoms with E-state index < -0.39 is 16.8 Å². The lowest BCUT2D eigenvalue weighted by atomic mass is 10.3. The van der Waals surface area contributed by atoms with E-state index in [4.69, 9.17) is 9.84 Å². The molecule has 0 radical (unpaired) electrons. The van der Waals surface area contributed by atoms with Gasteiger partial charge < -0.3 is 15.2 Å². The minimum Gasteiger partial charge on any atom is -0.481 e. The summed E-state index contributed by atoms with van der Waals surface area (Å²) in [6.07, 6.45) is 0.276. The maximum absolute atomic E-state index is 11.4. The first-order valence-corrected chi connectivity index (χ1v) is 5.85. The van der Waals surface area contributed by atoms with E-state index in [1.165, 1.54) is 18.2 Å². The number of carbonyl (C=O) groups excluding carboxylic acids is 1. The van der Waals surface area contributed by atoms with Crippen molar-refractivity contribution >= 4 is 17.6 Å². The summed E-state index contributed by atoms with van der Waals surface area (Å²) in [5.74, 6) is -1.39. The van der Waals surface area contributed by atoms with Crippen LogP contribution in [-0.4, -0.2) is 35.1 Å². The van der Waals surface area contributed by atoms with Crippen molar-refractivity contribution in [1.29, 1.82) is 0 Å². The Hall–Kier alpha value is -2.64. The molecule has 0 bridgehead atoms. The molecule has 8 nitrogen and oxygen atoms in total. The highest BCUT2D eigenvalue weighted by atomic mass is 16.6. The van der Waals surface area contributed by atoms with Crippen LogP contribution in [0.25, 0.3) is 0 Å². The highest BCUT2D eigenvalue weighted by Gasteiger charge is 2.14. The Morgan fingerprint density at radius 1 is 1.35 bits per heavy atom. The Morgan fingerprint density at radius 3 is 2.70 bits per heavy atom. The number of nitrogens with one attached hydrogen (secondary N) is 1. The van der Waals surface area contributed by atoms with Gasteiger partial charge in [-0.05, 0) is 12.5 Å². The number of hydrogen-bond donors (Lipinski definition) is 2. The lowest BCUT2D eigenvalue weighted by Crippen LogP contribution is -2.30. The molecule has 1 rings (SSSR count). The Labute approximate surface area is 114 Å². The van der Waals surface area contributed by atoms with Gasteiger partial charge in [-0.3, -0.25) is 19.7 Å². The van der Waals surface area contributed by atoms with E-state index in [1.807, 2.05) is 0 Å². The molecule has 20 heavy (non-hydrogen) atoms. The first-order valence-electron chi connectivity index (χ1n) is 5.85. The summed E-state index contributed by atoms with van der Waals surface area (Å²) < 4.78 is 5.07. The number of carbonyl (C=O) groups is 2. The lowest BCUT2D eigenvalue weighted by Gasteiger charge is -2.07. The van der Waals surface area contributed by atoms with E-state index in [0.717, 1.165) is 0 Å². The summed E-state index contributed by atoms with van der Waals surface area (Å²) in [4.78, 5) is 31.8. The Morgan fingerprint density at radius 2 is 2.05 bits per heavy atom. The van der Waals surface area contributed by atoms with E-state index in [0.29, 0.717) is 6.42 Å². The third-order valence-electron chi connectivity index (χ3n) is 2.31. The fraction of sp³-hybridized carbons (Fsp3) is 0.333. The van der Waals surface area contributed by atoms with Crippen LogP contribution in [0.2, 0.25) is 0 Å². The molecule has 0 unspecified atom stereocenters. The summed E-state index contributed by atoms with van der Waals surface area (Å²) in [6, 6.07) is 5.74. The maximum atomic E-state index is 11.4. The molecule has 108 valence electrons. The predicted molar refractivity (Wildman–Crippen MR) is 68.5 cm³/mol. The topological polar surface area (TPSA) is 119 Å². The van der Waals surface area contributed by atoms with Gasteiger partial charge in [0.2, 0.25) is 0 Å². The minimum atomic E-state index is -0.935. The zero-order valence-corrected chi connectivity index (χ0v) is 10.6. The van der Waals surface area contributed by atoms with Gasteiger partial charge in [0, 0.05) is 19.0 Å². The van der Waals surface area contributed by atoms with E-state index in [9.17, 15) is 19.7 Å². The van der Waals surface area contributed by atoms with Crippen molar-refractivity contribution in [2.45, 2.75) is 12.8 Å². The van der Waals surface area contributed by atoms with Crippen molar-refractivity contribution in [3.8, 4) is 5.75 Å². The second-order valence-corrected chi connectivity index (χ2v) is 3.86. The largest absolute Gasteiger partial charge is 0.481 e. The number of carboxylic acid groups (broad SMARTS) is 1. The molecule has 0 saturated carbocycles. The van der Waals surface area contributed by atoms with Crippen LogP contribution in [0.4, 0.5) is 5.69 Å². The Bertz CT molecular complexity index is 502. The third-order valence-corrected chi connectivity index (χ3v) is 2.31. The summed E-state index contributed by atoms with van der Waals surface area (Å²) in [5.41, 5.74) is -0.217. The molecule has 1 aromatic rings. The highest BCUT2D eigenvalue weighted by molar-refractivity contribution is 5.77. The zero-order valence-electron chi connectivity index (χ0n) is 10.6. The van der Waals surface area contributed by atoms with Gasteiger partial charge >= 0.3 is 11.7 Å². The maximum Gasteiger partial charge on any atom is 0.310 e. The van der Waals surface area contributed by atoms with Crippen LogP contribution in [0.5, 0.6) is 5.75 Å². The van der Waals surface area contributed by atoms with Crippen molar-refractivity contribution in [2.24, 2.45) is 0 Å². The molecule has 0 aliphatic carbocycles. The van der Waals surface area contributed by atoms with Gasteiger partial charge in [0.05, 0.1) is 4.92 Å². The van der Waals surface area contributed by atoms with Crippen LogP contribution in [0, 0.1) is 10.1 Å². The molecule has 8 heteroatoms. The van der Waals surface area contributed by atoms with Crippen molar-refractivity contribution in [1.82, 2.24) is 5.32 Å².